The largest absolute Gasteiger partial charge is 0.337 e. The summed E-state index contributed by atoms with van der Waals surface area (Å²) >= 11 is 3.38. The Hall–Kier alpha value is -2.29. The molecule has 3 rings (SSSR count). The number of amides is 5. The van der Waals surface area contributed by atoms with Crippen molar-refractivity contribution >= 4 is 39.6 Å². The molecule has 9 heteroatoms. The van der Waals surface area contributed by atoms with Crippen molar-refractivity contribution in [1.29, 1.82) is 0 Å². The lowest BCUT2D eigenvalue weighted by atomic mass is 9.95. The van der Waals surface area contributed by atoms with Crippen molar-refractivity contribution in [1.82, 2.24) is 20.4 Å². The average molecular weight is 537 g/mol. The van der Waals surface area contributed by atoms with E-state index < -0.39 is 12.1 Å². The van der Waals surface area contributed by atoms with Gasteiger partial charge in [0.25, 0.3) is 0 Å². The van der Waals surface area contributed by atoms with E-state index in [2.05, 4.69) is 31.9 Å². The number of benzene rings is 1. The van der Waals surface area contributed by atoms with Crippen LogP contribution in [0.15, 0.2) is 28.7 Å². The molecule has 0 unspecified atom stereocenters. The van der Waals surface area contributed by atoms with Gasteiger partial charge in [0.05, 0.1) is 0 Å². The highest BCUT2D eigenvalue weighted by Crippen LogP contribution is 2.20. The fourth-order valence-corrected chi connectivity index (χ4v) is 4.95. The van der Waals surface area contributed by atoms with Gasteiger partial charge in [0.1, 0.15) is 6.04 Å². The van der Waals surface area contributed by atoms with Gasteiger partial charge in [0.15, 0.2) is 0 Å². The van der Waals surface area contributed by atoms with Gasteiger partial charge in [-0.2, -0.15) is 0 Å². The molecule has 1 aliphatic heterocycles. The number of halogens is 1. The summed E-state index contributed by atoms with van der Waals surface area (Å²) in [7, 11) is 0. The normalized spacial score (nSPS) is 20.9. The molecular formula is C25H38BrN5O3. The number of piperazine rings is 1. The van der Waals surface area contributed by atoms with Gasteiger partial charge in [-0.05, 0) is 49.9 Å². The van der Waals surface area contributed by atoms with E-state index in [0.29, 0.717) is 25.3 Å². The minimum Gasteiger partial charge on any atom is -0.337 e. The number of anilines is 1. The van der Waals surface area contributed by atoms with Crippen LogP contribution >= 0.6 is 15.9 Å². The zero-order chi connectivity index (χ0) is 24.7. The fraction of sp³-hybridized carbons (Fsp3) is 0.640. The number of urea groups is 2. The van der Waals surface area contributed by atoms with E-state index in [1.807, 2.05) is 37.8 Å². The molecule has 8 nitrogen and oxygen atoms in total. The molecular weight excluding hydrogens is 498 g/mol. The Bertz CT molecular complexity index is 843. The van der Waals surface area contributed by atoms with Crippen LogP contribution in [0, 0.1) is 5.92 Å². The molecule has 0 radical (unpaired) electrons. The number of hydrogen-bond acceptors (Lipinski definition) is 3. The number of carbonyl (C=O) groups is 3. The first kappa shape index (κ1) is 26.3. The first-order valence-corrected chi connectivity index (χ1v) is 13.3. The zero-order valence-corrected chi connectivity index (χ0v) is 22.1. The Balaban J connectivity index is 1.57. The lowest BCUT2D eigenvalue weighted by molar-refractivity contribution is -0.136. The number of nitrogens with one attached hydrogen (secondary N) is 3. The van der Waals surface area contributed by atoms with Crippen molar-refractivity contribution in [3.8, 4) is 0 Å². The highest BCUT2D eigenvalue weighted by molar-refractivity contribution is 9.10. The first-order valence-electron chi connectivity index (χ1n) is 12.5. The van der Waals surface area contributed by atoms with Crippen LogP contribution in [-0.2, 0) is 4.79 Å². The topological polar surface area (TPSA) is 93.8 Å². The Morgan fingerprint density at radius 3 is 2.38 bits per heavy atom. The number of nitrogens with zero attached hydrogens (tertiary/aromatic N) is 2. The van der Waals surface area contributed by atoms with Gasteiger partial charge in [-0.15, -0.1) is 0 Å². The van der Waals surface area contributed by atoms with Crippen LogP contribution in [0.4, 0.5) is 15.3 Å². The zero-order valence-electron chi connectivity index (χ0n) is 20.5. The van der Waals surface area contributed by atoms with Gasteiger partial charge in [-0.3, -0.25) is 4.79 Å². The Morgan fingerprint density at radius 2 is 1.76 bits per heavy atom. The molecule has 2 aliphatic rings. The van der Waals surface area contributed by atoms with Gasteiger partial charge in [0.2, 0.25) is 5.91 Å². The third-order valence-corrected chi connectivity index (χ3v) is 7.53. The molecule has 1 saturated carbocycles. The second-order valence-electron chi connectivity index (χ2n) is 9.58. The molecule has 0 aromatic heterocycles. The average Bonchev–Trinajstić information content (AvgIpc) is 2.83. The van der Waals surface area contributed by atoms with E-state index in [-0.39, 0.29) is 29.9 Å². The summed E-state index contributed by atoms with van der Waals surface area (Å²) in [5.41, 5.74) is 0.655. The Labute approximate surface area is 211 Å². The predicted octanol–water partition coefficient (Wildman–Crippen LogP) is 4.56. The van der Waals surface area contributed by atoms with Crippen LogP contribution in [0.1, 0.15) is 59.3 Å². The Morgan fingerprint density at radius 1 is 1.09 bits per heavy atom. The maximum Gasteiger partial charge on any atom is 0.319 e. The molecule has 1 aromatic carbocycles. The SMILES string of the molecule is CC[C@H](C)[C@H](NC(=O)Nc1ccc(Br)cc1)C(=O)N1CCN(C(=O)NC2CCCCC2)[C@H](C)C1. The van der Waals surface area contributed by atoms with Crippen molar-refractivity contribution in [2.75, 3.05) is 25.0 Å². The van der Waals surface area contributed by atoms with E-state index in [0.717, 1.165) is 23.7 Å². The van der Waals surface area contributed by atoms with E-state index in [9.17, 15) is 14.4 Å². The smallest absolute Gasteiger partial charge is 0.319 e. The number of hydrogen-bond donors (Lipinski definition) is 3. The first-order chi connectivity index (χ1) is 16.3. The summed E-state index contributed by atoms with van der Waals surface area (Å²) in [6, 6.07) is 6.39. The van der Waals surface area contributed by atoms with Crippen molar-refractivity contribution in [2.24, 2.45) is 5.92 Å². The van der Waals surface area contributed by atoms with Crippen molar-refractivity contribution in [3.63, 3.8) is 0 Å². The highest BCUT2D eigenvalue weighted by Gasteiger charge is 2.35. The molecule has 2 fully saturated rings. The predicted molar refractivity (Wildman–Crippen MR) is 138 cm³/mol. The minimum absolute atomic E-state index is 0.0221. The van der Waals surface area contributed by atoms with Gasteiger partial charge in [0, 0.05) is 41.9 Å². The van der Waals surface area contributed by atoms with E-state index >= 15 is 0 Å². The van der Waals surface area contributed by atoms with Crippen LogP contribution in [0.3, 0.4) is 0 Å². The fourth-order valence-electron chi connectivity index (χ4n) is 4.69. The highest BCUT2D eigenvalue weighted by atomic mass is 79.9. The van der Waals surface area contributed by atoms with Crippen LogP contribution in [-0.4, -0.2) is 65.5 Å². The number of carbonyl (C=O) groups excluding carboxylic acids is 3. The molecule has 5 amide bonds. The molecule has 1 aliphatic carbocycles. The van der Waals surface area contributed by atoms with Gasteiger partial charge in [-0.25, -0.2) is 9.59 Å². The molecule has 1 heterocycles. The minimum atomic E-state index is -0.629. The van der Waals surface area contributed by atoms with Crippen LogP contribution in [0.25, 0.3) is 0 Å². The summed E-state index contributed by atoms with van der Waals surface area (Å²) in [6.45, 7) is 7.37. The quantitative estimate of drug-likeness (QED) is 0.498. The lowest BCUT2D eigenvalue weighted by Crippen LogP contribution is -2.62. The second-order valence-corrected chi connectivity index (χ2v) is 10.5. The molecule has 1 aromatic rings. The summed E-state index contributed by atoms with van der Waals surface area (Å²) < 4.78 is 0.923. The summed E-state index contributed by atoms with van der Waals surface area (Å²) in [6.07, 6.45) is 6.43. The monoisotopic (exact) mass is 535 g/mol. The van der Waals surface area contributed by atoms with Gasteiger partial charge >= 0.3 is 12.1 Å². The van der Waals surface area contributed by atoms with E-state index in [4.69, 9.17) is 0 Å². The third-order valence-electron chi connectivity index (χ3n) is 7.00. The van der Waals surface area contributed by atoms with Gasteiger partial charge in [-0.1, -0.05) is 55.5 Å². The van der Waals surface area contributed by atoms with Crippen molar-refractivity contribution in [2.45, 2.75) is 77.4 Å². The summed E-state index contributed by atoms with van der Waals surface area (Å²) in [5, 5.41) is 8.87. The molecule has 3 atom stereocenters. The molecule has 188 valence electrons. The van der Waals surface area contributed by atoms with Gasteiger partial charge < -0.3 is 25.8 Å². The van der Waals surface area contributed by atoms with Crippen LogP contribution in [0.5, 0.6) is 0 Å². The standard InChI is InChI=1S/C25H38BrN5O3/c1-4-17(2)22(29-24(33)27-21-12-10-19(26)11-13-21)23(32)30-14-15-31(18(3)16-30)25(34)28-20-8-6-5-7-9-20/h10-13,17-18,20,22H,4-9,14-16H2,1-3H3,(H,28,34)(H2,27,29,33)/t17-,18+,22-/m0/s1. The maximum atomic E-state index is 13.4. The molecule has 0 bridgehead atoms. The van der Waals surface area contributed by atoms with Crippen LogP contribution in [0.2, 0.25) is 0 Å². The van der Waals surface area contributed by atoms with Crippen molar-refractivity contribution < 1.29 is 14.4 Å². The molecule has 34 heavy (non-hydrogen) atoms. The molecule has 3 N–H and O–H groups in total. The third kappa shape index (κ3) is 7.10. The van der Waals surface area contributed by atoms with E-state index in [1.54, 1.807) is 17.0 Å². The number of rotatable bonds is 6. The molecule has 0 spiro atoms. The second kappa shape index (κ2) is 12.4. The molecule has 1 saturated heterocycles. The van der Waals surface area contributed by atoms with Crippen LogP contribution < -0.4 is 16.0 Å². The van der Waals surface area contributed by atoms with Crippen molar-refractivity contribution in [3.05, 3.63) is 28.7 Å². The van der Waals surface area contributed by atoms with E-state index in [1.165, 1.54) is 19.3 Å². The summed E-state index contributed by atoms with van der Waals surface area (Å²) in [5.74, 6) is -0.120. The summed E-state index contributed by atoms with van der Waals surface area (Å²) in [4.78, 5) is 42.5. The Kier molecular flexibility index (Phi) is 9.62. The lowest BCUT2D eigenvalue weighted by Gasteiger charge is -2.42. The maximum absolute atomic E-state index is 13.4.